The molecule has 1 amide bonds. The molecular formula is C17H23N3O2. The zero-order valence-corrected chi connectivity index (χ0v) is 13.1. The highest BCUT2D eigenvalue weighted by Gasteiger charge is 2.20. The second kappa shape index (κ2) is 7.75. The Hall–Kier alpha value is -2.14. The van der Waals surface area contributed by atoms with Crippen LogP contribution in [0.2, 0.25) is 0 Å². The van der Waals surface area contributed by atoms with Gasteiger partial charge in [0.1, 0.15) is 0 Å². The number of nitrogens with one attached hydrogen (secondary N) is 1. The molecule has 5 nitrogen and oxygen atoms in total. The molecule has 5 heteroatoms. The normalized spacial score (nSPS) is 12.1. The molecule has 3 N–H and O–H groups in total. The van der Waals surface area contributed by atoms with Gasteiger partial charge in [-0.05, 0) is 25.5 Å². The molecule has 1 atom stereocenters. The fourth-order valence-corrected chi connectivity index (χ4v) is 2.26. The van der Waals surface area contributed by atoms with Crippen molar-refractivity contribution in [2.45, 2.75) is 39.2 Å². The maximum Gasteiger partial charge on any atom is 0.289 e. The van der Waals surface area contributed by atoms with Crippen molar-refractivity contribution in [1.82, 2.24) is 10.3 Å². The van der Waals surface area contributed by atoms with Crippen LogP contribution in [0.5, 0.6) is 0 Å². The summed E-state index contributed by atoms with van der Waals surface area (Å²) in [6, 6.07) is 9.51. The van der Waals surface area contributed by atoms with Gasteiger partial charge in [0.05, 0.1) is 5.69 Å². The quantitative estimate of drug-likeness (QED) is 0.824. The molecule has 2 rings (SSSR count). The Morgan fingerprint density at radius 3 is 2.73 bits per heavy atom. The van der Waals surface area contributed by atoms with Gasteiger partial charge in [-0.1, -0.05) is 38.0 Å². The van der Waals surface area contributed by atoms with E-state index in [1.54, 1.807) is 6.92 Å². The topological polar surface area (TPSA) is 81.1 Å². The molecule has 0 spiro atoms. The minimum atomic E-state index is -0.251. The Bertz CT molecular complexity index is 608. The standard InChI is InChI=1S/C17H23N3O2/c1-3-4-10-14(11-18)20-16(21)15-12(2)19-17(22-15)13-8-6-5-7-9-13/h5-9,14H,3-4,10-11,18H2,1-2H3,(H,20,21). The van der Waals surface area contributed by atoms with Gasteiger partial charge in [-0.15, -0.1) is 0 Å². The summed E-state index contributed by atoms with van der Waals surface area (Å²) in [6.45, 7) is 4.31. The molecule has 22 heavy (non-hydrogen) atoms. The highest BCUT2D eigenvalue weighted by Crippen LogP contribution is 2.21. The van der Waals surface area contributed by atoms with Crippen LogP contribution >= 0.6 is 0 Å². The summed E-state index contributed by atoms with van der Waals surface area (Å²) >= 11 is 0. The van der Waals surface area contributed by atoms with E-state index in [-0.39, 0.29) is 17.7 Å². The largest absolute Gasteiger partial charge is 0.431 e. The SMILES string of the molecule is CCCCC(CN)NC(=O)c1oc(-c2ccccc2)nc1C. The maximum absolute atomic E-state index is 12.3. The minimum absolute atomic E-state index is 0.0304. The number of rotatable bonds is 7. The predicted molar refractivity (Wildman–Crippen MR) is 86.5 cm³/mol. The summed E-state index contributed by atoms with van der Waals surface area (Å²) in [5, 5.41) is 2.93. The van der Waals surface area contributed by atoms with Gasteiger partial charge in [-0.25, -0.2) is 4.98 Å². The second-order valence-corrected chi connectivity index (χ2v) is 5.35. The molecule has 1 heterocycles. The molecule has 1 unspecified atom stereocenters. The van der Waals surface area contributed by atoms with Gasteiger partial charge in [0.25, 0.3) is 5.91 Å². The van der Waals surface area contributed by atoms with Crippen LogP contribution in [-0.2, 0) is 0 Å². The van der Waals surface area contributed by atoms with Gasteiger partial charge in [0, 0.05) is 18.2 Å². The summed E-state index contributed by atoms with van der Waals surface area (Å²) < 4.78 is 5.65. The minimum Gasteiger partial charge on any atom is -0.431 e. The third-order valence-corrected chi connectivity index (χ3v) is 3.55. The number of unbranched alkanes of at least 4 members (excludes halogenated alkanes) is 1. The zero-order valence-electron chi connectivity index (χ0n) is 13.1. The predicted octanol–water partition coefficient (Wildman–Crippen LogP) is 2.90. The lowest BCUT2D eigenvalue weighted by Gasteiger charge is -2.15. The van der Waals surface area contributed by atoms with E-state index in [1.807, 2.05) is 30.3 Å². The van der Waals surface area contributed by atoms with Crippen molar-refractivity contribution >= 4 is 5.91 Å². The fraction of sp³-hybridized carbons (Fsp3) is 0.412. The Morgan fingerprint density at radius 1 is 1.36 bits per heavy atom. The van der Waals surface area contributed by atoms with Gasteiger partial charge >= 0.3 is 0 Å². The zero-order chi connectivity index (χ0) is 15.9. The lowest BCUT2D eigenvalue weighted by molar-refractivity contribution is 0.0907. The van der Waals surface area contributed by atoms with Crippen molar-refractivity contribution in [1.29, 1.82) is 0 Å². The van der Waals surface area contributed by atoms with E-state index in [2.05, 4.69) is 17.2 Å². The Balaban J connectivity index is 2.12. The van der Waals surface area contributed by atoms with E-state index in [0.717, 1.165) is 24.8 Å². The molecule has 1 aromatic carbocycles. The van der Waals surface area contributed by atoms with Crippen LogP contribution in [0, 0.1) is 6.92 Å². The molecule has 118 valence electrons. The van der Waals surface area contributed by atoms with Crippen LogP contribution in [0.3, 0.4) is 0 Å². The number of carbonyl (C=O) groups is 1. The molecule has 0 aliphatic rings. The Labute approximate surface area is 130 Å². The number of benzene rings is 1. The molecule has 0 bridgehead atoms. The first-order valence-electron chi connectivity index (χ1n) is 7.69. The summed E-state index contributed by atoms with van der Waals surface area (Å²) in [5.74, 6) is 0.466. The molecule has 0 radical (unpaired) electrons. The van der Waals surface area contributed by atoms with Crippen LogP contribution in [-0.4, -0.2) is 23.5 Å². The number of nitrogens with zero attached hydrogens (tertiary/aromatic N) is 1. The molecule has 0 fully saturated rings. The number of amides is 1. The number of oxazole rings is 1. The summed E-state index contributed by atoms with van der Waals surface area (Å²) in [4.78, 5) is 16.7. The third-order valence-electron chi connectivity index (χ3n) is 3.55. The van der Waals surface area contributed by atoms with Gasteiger partial charge < -0.3 is 15.5 Å². The number of nitrogens with two attached hydrogens (primary N) is 1. The average Bonchev–Trinajstić information content (AvgIpc) is 2.94. The first kappa shape index (κ1) is 16.2. The molecule has 0 saturated heterocycles. The summed E-state index contributed by atoms with van der Waals surface area (Å²) in [5.41, 5.74) is 7.15. The van der Waals surface area contributed by atoms with Crippen LogP contribution in [0.15, 0.2) is 34.7 Å². The summed E-state index contributed by atoms with van der Waals surface area (Å²) in [6.07, 6.45) is 2.98. The highest BCUT2D eigenvalue weighted by molar-refractivity contribution is 5.93. The van der Waals surface area contributed by atoms with E-state index in [9.17, 15) is 4.79 Å². The molecule has 2 aromatic rings. The second-order valence-electron chi connectivity index (χ2n) is 5.35. The highest BCUT2D eigenvalue weighted by atomic mass is 16.4. The Morgan fingerprint density at radius 2 is 2.09 bits per heavy atom. The van der Waals surface area contributed by atoms with Crippen molar-refractivity contribution in [3.63, 3.8) is 0 Å². The van der Waals surface area contributed by atoms with Crippen molar-refractivity contribution in [2.75, 3.05) is 6.54 Å². The fourth-order valence-electron chi connectivity index (χ4n) is 2.26. The van der Waals surface area contributed by atoms with Gasteiger partial charge in [0.15, 0.2) is 0 Å². The maximum atomic E-state index is 12.3. The number of hydrogen-bond acceptors (Lipinski definition) is 4. The lowest BCUT2D eigenvalue weighted by Crippen LogP contribution is -2.40. The van der Waals surface area contributed by atoms with Crippen LogP contribution in [0.4, 0.5) is 0 Å². The van der Waals surface area contributed by atoms with Gasteiger partial charge in [-0.3, -0.25) is 4.79 Å². The van der Waals surface area contributed by atoms with E-state index >= 15 is 0 Å². The van der Waals surface area contributed by atoms with E-state index in [1.165, 1.54) is 0 Å². The van der Waals surface area contributed by atoms with E-state index in [0.29, 0.717) is 18.1 Å². The van der Waals surface area contributed by atoms with Gasteiger partial charge in [0.2, 0.25) is 11.7 Å². The van der Waals surface area contributed by atoms with Crippen molar-refractivity contribution in [3.05, 3.63) is 41.8 Å². The lowest BCUT2D eigenvalue weighted by atomic mass is 10.1. The van der Waals surface area contributed by atoms with E-state index < -0.39 is 0 Å². The van der Waals surface area contributed by atoms with Crippen molar-refractivity contribution < 1.29 is 9.21 Å². The smallest absolute Gasteiger partial charge is 0.289 e. The first-order valence-corrected chi connectivity index (χ1v) is 7.69. The molecule has 0 aliphatic carbocycles. The summed E-state index contributed by atoms with van der Waals surface area (Å²) in [7, 11) is 0. The van der Waals surface area contributed by atoms with Crippen molar-refractivity contribution in [2.24, 2.45) is 5.73 Å². The molecule has 1 aromatic heterocycles. The Kier molecular flexibility index (Phi) is 5.72. The monoisotopic (exact) mass is 301 g/mol. The third kappa shape index (κ3) is 3.95. The van der Waals surface area contributed by atoms with Crippen LogP contribution in [0.1, 0.15) is 42.4 Å². The molecule has 0 saturated carbocycles. The first-order chi connectivity index (χ1) is 10.7. The number of hydrogen-bond donors (Lipinski definition) is 2. The number of aromatic nitrogens is 1. The van der Waals surface area contributed by atoms with Crippen LogP contribution in [0.25, 0.3) is 11.5 Å². The van der Waals surface area contributed by atoms with Crippen LogP contribution < -0.4 is 11.1 Å². The molecular weight excluding hydrogens is 278 g/mol. The average molecular weight is 301 g/mol. The van der Waals surface area contributed by atoms with Crippen molar-refractivity contribution in [3.8, 4) is 11.5 Å². The molecule has 0 aliphatic heterocycles. The van der Waals surface area contributed by atoms with E-state index in [4.69, 9.17) is 10.2 Å². The number of carbonyl (C=O) groups excluding carboxylic acids is 1. The van der Waals surface area contributed by atoms with Gasteiger partial charge in [-0.2, -0.15) is 0 Å². The number of aryl methyl sites for hydroxylation is 1.